The van der Waals surface area contributed by atoms with Crippen molar-refractivity contribution in [1.82, 2.24) is 0 Å². The van der Waals surface area contributed by atoms with E-state index in [4.69, 9.17) is 0 Å². The van der Waals surface area contributed by atoms with Gasteiger partial charge in [0, 0.05) is 11.8 Å². The monoisotopic (exact) mass is 398 g/mol. The molecule has 0 unspecified atom stereocenters. The van der Waals surface area contributed by atoms with Crippen LogP contribution in [0.1, 0.15) is 17.5 Å². The number of hydrogen-bond acceptors (Lipinski definition) is 3. The molecule has 0 radical (unpaired) electrons. The molecule has 2 aromatic carbocycles. The third-order valence-electron chi connectivity index (χ3n) is 6.35. The Morgan fingerprint density at radius 3 is 2.33 bits per heavy atom. The van der Waals surface area contributed by atoms with E-state index in [1.165, 1.54) is 11.0 Å². The maximum atomic E-state index is 13.0. The molecule has 0 aromatic heterocycles. The summed E-state index contributed by atoms with van der Waals surface area (Å²) >= 11 is 0. The lowest BCUT2D eigenvalue weighted by atomic mass is 9.85. The highest BCUT2D eigenvalue weighted by Crippen LogP contribution is 2.53. The molecule has 3 amide bonds. The number of allylic oxidation sites excluding steroid dienone is 2. The lowest BCUT2D eigenvalue weighted by Crippen LogP contribution is -2.32. The summed E-state index contributed by atoms with van der Waals surface area (Å²) in [6.07, 6.45) is 8.23. The molecule has 3 aliphatic rings. The van der Waals surface area contributed by atoms with Gasteiger partial charge >= 0.3 is 0 Å². The fourth-order valence-corrected chi connectivity index (χ4v) is 4.92. The normalized spacial score (nSPS) is 26.6. The van der Waals surface area contributed by atoms with Gasteiger partial charge in [0.2, 0.25) is 17.7 Å². The minimum absolute atomic E-state index is 0.0971. The standard InChI is InChI=1S/C25H22N2O3/c1-15-5-10-19(11-6-15)26-21(28)12-7-16-3-2-4-20(13-16)27-24(29)22-17-8-9-18(14-17)23(22)25(27)30/h2-13,17-18,22-23H,14H2,1H3,(H,26,28)/b12-7+/t17-,18-,22-,23-/m0/s1. The lowest BCUT2D eigenvalue weighted by molar-refractivity contribution is -0.123. The number of carbonyl (C=O) groups is 3. The van der Waals surface area contributed by atoms with Crippen LogP contribution in [0.4, 0.5) is 11.4 Å². The predicted octanol–water partition coefficient (Wildman–Crippen LogP) is 3.96. The third kappa shape index (κ3) is 3.07. The number of carbonyl (C=O) groups excluding carboxylic acids is 3. The van der Waals surface area contributed by atoms with E-state index < -0.39 is 0 Å². The molecule has 2 fully saturated rings. The number of rotatable bonds is 4. The Labute approximate surface area is 175 Å². The van der Waals surface area contributed by atoms with Crippen LogP contribution in [0.3, 0.4) is 0 Å². The van der Waals surface area contributed by atoms with Crippen molar-refractivity contribution >= 4 is 35.2 Å². The molecule has 30 heavy (non-hydrogen) atoms. The molecule has 4 atom stereocenters. The van der Waals surface area contributed by atoms with E-state index >= 15 is 0 Å². The van der Waals surface area contributed by atoms with Crippen LogP contribution in [0.15, 0.2) is 66.8 Å². The molecule has 2 aliphatic carbocycles. The summed E-state index contributed by atoms with van der Waals surface area (Å²) in [4.78, 5) is 39.5. The number of aryl methyl sites for hydroxylation is 1. The molecular formula is C25H22N2O3. The van der Waals surface area contributed by atoms with Gasteiger partial charge in [0.05, 0.1) is 17.5 Å². The van der Waals surface area contributed by atoms with Crippen LogP contribution in [0.5, 0.6) is 0 Å². The number of nitrogens with one attached hydrogen (secondary N) is 1. The zero-order chi connectivity index (χ0) is 20.8. The average Bonchev–Trinajstić information content (AvgIpc) is 3.42. The number of benzene rings is 2. The van der Waals surface area contributed by atoms with Crippen molar-refractivity contribution in [1.29, 1.82) is 0 Å². The van der Waals surface area contributed by atoms with Gasteiger partial charge in [-0.2, -0.15) is 0 Å². The zero-order valence-electron chi connectivity index (χ0n) is 16.6. The average molecular weight is 398 g/mol. The molecule has 1 saturated heterocycles. The number of hydrogen-bond donors (Lipinski definition) is 1. The Morgan fingerprint density at radius 2 is 1.67 bits per heavy atom. The summed E-state index contributed by atoms with van der Waals surface area (Å²) in [5.74, 6) is -0.487. The number of imide groups is 1. The van der Waals surface area contributed by atoms with E-state index in [2.05, 4.69) is 17.5 Å². The van der Waals surface area contributed by atoms with Gasteiger partial charge in [-0.15, -0.1) is 0 Å². The summed E-state index contributed by atoms with van der Waals surface area (Å²) in [6, 6.07) is 14.8. The van der Waals surface area contributed by atoms with Crippen LogP contribution >= 0.6 is 0 Å². The maximum Gasteiger partial charge on any atom is 0.248 e. The Kier molecular flexibility index (Phi) is 4.39. The highest BCUT2D eigenvalue weighted by Gasteiger charge is 2.59. The van der Waals surface area contributed by atoms with E-state index in [1.807, 2.05) is 37.3 Å². The van der Waals surface area contributed by atoms with Crippen molar-refractivity contribution in [2.75, 3.05) is 10.2 Å². The summed E-state index contributed by atoms with van der Waals surface area (Å²) in [5, 5.41) is 2.82. The molecule has 1 aliphatic heterocycles. The summed E-state index contributed by atoms with van der Waals surface area (Å²) in [5.41, 5.74) is 3.18. The molecule has 5 nitrogen and oxygen atoms in total. The van der Waals surface area contributed by atoms with Crippen LogP contribution in [-0.2, 0) is 14.4 Å². The van der Waals surface area contributed by atoms with Crippen molar-refractivity contribution in [3.63, 3.8) is 0 Å². The number of fused-ring (bicyclic) bond motifs is 5. The van der Waals surface area contributed by atoms with Gasteiger partial charge in [0.1, 0.15) is 0 Å². The second-order valence-corrected chi connectivity index (χ2v) is 8.30. The van der Waals surface area contributed by atoms with Crippen LogP contribution in [-0.4, -0.2) is 17.7 Å². The topological polar surface area (TPSA) is 66.5 Å². The minimum Gasteiger partial charge on any atom is -0.323 e. The number of nitrogens with zero attached hydrogens (tertiary/aromatic N) is 1. The molecule has 5 rings (SSSR count). The maximum absolute atomic E-state index is 13.0. The van der Waals surface area contributed by atoms with Gasteiger partial charge < -0.3 is 5.32 Å². The van der Waals surface area contributed by atoms with Crippen LogP contribution in [0, 0.1) is 30.6 Å². The SMILES string of the molecule is Cc1ccc(NC(=O)/C=C/c2cccc(N3C(=O)[C@@H]4[C@@H](C3=O)[C@H]3C=C[C@H]4C3)c2)cc1. The summed E-state index contributed by atoms with van der Waals surface area (Å²) in [7, 11) is 0. The number of amides is 3. The fraction of sp³-hybridized carbons (Fsp3) is 0.240. The largest absolute Gasteiger partial charge is 0.323 e. The second kappa shape index (κ2) is 7.10. The molecule has 1 saturated carbocycles. The Hall–Kier alpha value is -3.47. The lowest BCUT2D eigenvalue weighted by Gasteiger charge is -2.17. The quantitative estimate of drug-likeness (QED) is 0.482. The van der Waals surface area contributed by atoms with Gasteiger partial charge in [0.15, 0.2) is 0 Å². The van der Waals surface area contributed by atoms with Crippen molar-refractivity contribution in [3.8, 4) is 0 Å². The Balaban J connectivity index is 1.32. The first-order valence-electron chi connectivity index (χ1n) is 10.2. The van der Waals surface area contributed by atoms with E-state index in [0.29, 0.717) is 5.69 Å². The Bertz CT molecular complexity index is 1070. The predicted molar refractivity (Wildman–Crippen MR) is 115 cm³/mol. The molecule has 1 N–H and O–H groups in total. The van der Waals surface area contributed by atoms with Crippen LogP contribution in [0.2, 0.25) is 0 Å². The third-order valence-corrected chi connectivity index (χ3v) is 6.35. The highest BCUT2D eigenvalue weighted by molar-refractivity contribution is 6.22. The highest BCUT2D eigenvalue weighted by atomic mass is 16.2. The van der Waals surface area contributed by atoms with Gasteiger partial charge in [0.25, 0.3) is 0 Å². The van der Waals surface area contributed by atoms with E-state index in [-0.39, 0.29) is 41.4 Å². The first-order valence-corrected chi connectivity index (χ1v) is 10.2. The molecular weight excluding hydrogens is 376 g/mol. The smallest absolute Gasteiger partial charge is 0.248 e. The summed E-state index contributed by atoms with van der Waals surface area (Å²) in [6.45, 7) is 1.99. The van der Waals surface area contributed by atoms with Crippen LogP contribution < -0.4 is 10.2 Å². The van der Waals surface area contributed by atoms with E-state index in [9.17, 15) is 14.4 Å². The van der Waals surface area contributed by atoms with Crippen molar-refractivity contribution in [3.05, 3.63) is 77.9 Å². The first-order chi connectivity index (χ1) is 14.5. The zero-order valence-corrected chi connectivity index (χ0v) is 16.6. The van der Waals surface area contributed by atoms with Crippen molar-refractivity contribution < 1.29 is 14.4 Å². The molecule has 2 bridgehead atoms. The Morgan fingerprint density at radius 1 is 1.00 bits per heavy atom. The molecule has 150 valence electrons. The first kappa shape index (κ1) is 18.6. The molecule has 2 aromatic rings. The van der Waals surface area contributed by atoms with Gasteiger partial charge in [-0.05, 0) is 61.1 Å². The minimum atomic E-state index is -0.241. The van der Waals surface area contributed by atoms with E-state index in [1.54, 1.807) is 24.3 Å². The number of anilines is 2. The van der Waals surface area contributed by atoms with Crippen molar-refractivity contribution in [2.24, 2.45) is 23.7 Å². The molecule has 5 heteroatoms. The second-order valence-electron chi connectivity index (χ2n) is 8.30. The van der Waals surface area contributed by atoms with Gasteiger partial charge in [-0.25, -0.2) is 4.90 Å². The van der Waals surface area contributed by atoms with Gasteiger partial charge in [-0.3, -0.25) is 14.4 Å². The fourth-order valence-electron chi connectivity index (χ4n) is 4.92. The van der Waals surface area contributed by atoms with E-state index in [0.717, 1.165) is 23.2 Å². The van der Waals surface area contributed by atoms with Gasteiger partial charge in [-0.1, -0.05) is 42.0 Å². The summed E-state index contributed by atoms with van der Waals surface area (Å²) < 4.78 is 0. The molecule has 0 spiro atoms. The van der Waals surface area contributed by atoms with Crippen LogP contribution in [0.25, 0.3) is 6.08 Å². The van der Waals surface area contributed by atoms with Crippen molar-refractivity contribution in [2.45, 2.75) is 13.3 Å². The molecule has 1 heterocycles.